The molecule has 26 heavy (non-hydrogen) atoms. The van der Waals surface area contributed by atoms with Gasteiger partial charge in [0.25, 0.3) is 10.1 Å². The van der Waals surface area contributed by atoms with Crippen LogP contribution in [0.3, 0.4) is 0 Å². The first-order valence-corrected chi connectivity index (χ1v) is 8.92. The van der Waals surface area contributed by atoms with Gasteiger partial charge in [-0.2, -0.15) is 8.42 Å². The standard InChI is InChI=1S/C17H16N2O5S.Na/c1-9(20)18-13-3-4-14-11(6-13)5-12-7-16(19-10(2)21)17(8-15(12)14)25(22,23)24;/h3-4,6-8H,5H2,1-2H3,(H,18,20)(H,19,21)(H,22,23,24);. The van der Waals surface area contributed by atoms with Gasteiger partial charge in [-0.3, -0.25) is 14.1 Å². The number of hydrogen-bond donors (Lipinski definition) is 3. The smallest absolute Gasteiger partial charge is 0.296 e. The molecule has 0 atom stereocenters. The van der Waals surface area contributed by atoms with Gasteiger partial charge in [-0.25, -0.2) is 0 Å². The Morgan fingerprint density at radius 2 is 1.58 bits per heavy atom. The van der Waals surface area contributed by atoms with Crippen LogP contribution < -0.4 is 10.6 Å². The van der Waals surface area contributed by atoms with Gasteiger partial charge in [-0.15, -0.1) is 0 Å². The molecule has 0 heterocycles. The summed E-state index contributed by atoms with van der Waals surface area (Å²) in [5.41, 5.74) is 3.93. The largest absolute Gasteiger partial charge is 0.326 e. The summed E-state index contributed by atoms with van der Waals surface area (Å²) in [5, 5.41) is 5.14. The fraction of sp³-hybridized carbons (Fsp3) is 0.176. The van der Waals surface area contributed by atoms with E-state index in [1.807, 2.05) is 6.07 Å². The van der Waals surface area contributed by atoms with Crippen molar-refractivity contribution in [3.63, 3.8) is 0 Å². The number of benzene rings is 2. The third kappa shape index (κ3) is 4.16. The summed E-state index contributed by atoms with van der Waals surface area (Å²) < 4.78 is 32.8. The molecule has 0 bridgehead atoms. The molecule has 0 saturated carbocycles. The van der Waals surface area contributed by atoms with Gasteiger partial charge >= 0.3 is 0 Å². The zero-order valence-corrected chi connectivity index (χ0v) is 17.4. The molecular formula is C17H16N2NaO5S. The van der Waals surface area contributed by atoms with Gasteiger partial charge in [0.1, 0.15) is 4.90 Å². The summed E-state index contributed by atoms with van der Waals surface area (Å²) >= 11 is 0. The van der Waals surface area contributed by atoms with Crippen molar-refractivity contribution in [1.29, 1.82) is 0 Å². The number of anilines is 2. The van der Waals surface area contributed by atoms with Crippen molar-refractivity contribution >= 4 is 62.9 Å². The quantitative estimate of drug-likeness (QED) is 0.473. The van der Waals surface area contributed by atoms with Crippen molar-refractivity contribution in [2.24, 2.45) is 0 Å². The van der Waals surface area contributed by atoms with E-state index in [0.29, 0.717) is 17.7 Å². The minimum absolute atomic E-state index is 0. The van der Waals surface area contributed by atoms with E-state index >= 15 is 0 Å². The predicted molar refractivity (Wildman–Crippen MR) is 98.9 cm³/mol. The molecule has 0 unspecified atom stereocenters. The van der Waals surface area contributed by atoms with Gasteiger partial charge in [0.15, 0.2) is 0 Å². The van der Waals surface area contributed by atoms with Gasteiger partial charge in [-0.05, 0) is 52.9 Å². The summed E-state index contributed by atoms with van der Waals surface area (Å²) in [6.45, 7) is 2.68. The molecule has 2 amide bonds. The molecule has 3 N–H and O–H groups in total. The molecule has 0 aliphatic heterocycles. The van der Waals surface area contributed by atoms with E-state index in [0.717, 1.165) is 16.7 Å². The Hall–Kier alpha value is -1.71. The first-order chi connectivity index (χ1) is 11.6. The molecule has 7 nitrogen and oxygen atoms in total. The minimum atomic E-state index is -4.50. The molecule has 0 fully saturated rings. The Balaban J connectivity index is 0.00000243. The maximum absolute atomic E-state index is 11.7. The Labute approximate surface area is 173 Å². The maximum Gasteiger partial charge on any atom is 0.296 e. The number of carbonyl (C=O) groups excluding carboxylic acids is 2. The van der Waals surface area contributed by atoms with E-state index in [4.69, 9.17) is 0 Å². The number of carbonyl (C=O) groups is 2. The minimum Gasteiger partial charge on any atom is -0.326 e. The zero-order chi connectivity index (χ0) is 18.4. The number of rotatable bonds is 3. The van der Waals surface area contributed by atoms with E-state index < -0.39 is 16.0 Å². The molecule has 9 heteroatoms. The molecule has 1 radical (unpaired) electrons. The van der Waals surface area contributed by atoms with Crippen molar-refractivity contribution in [2.75, 3.05) is 10.6 Å². The third-order valence-corrected chi connectivity index (χ3v) is 4.78. The Bertz CT molecular complexity index is 1020. The van der Waals surface area contributed by atoms with Crippen LogP contribution in [0.5, 0.6) is 0 Å². The van der Waals surface area contributed by atoms with E-state index in [9.17, 15) is 22.6 Å². The van der Waals surface area contributed by atoms with Crippen LogP contribution in [0.2, 0.25) is 0 Å². The Morgan fingerprint density at radius 3 is 2.15 bits per heavy atom. The third-order valence-electron chi connectivity index (χ3n) is 3.89. The average Bonchev–Trinajstić information content (AvgIpc) is 2.80. The summed E-state index contributed by atoms with van der Waals surface area (Å²) in [5.74, 6) is -0.620. The second-order valence-corrected chi connectivity index (χ2v) is 7.28. The molecular weight excluding hydrogens is 367 g/mol. The van der Waals surface area contributed by atoms with Crippen LogP contribution in [-0.4, -0.2) is 54.3 Å². The molecule has 0 spiro atoms. The monoisotopic (exact) mass is 383 g/mol. The van der Waals surface area contributed by atoms with Crippen LogP contribution in [0.4, 0.5) is 11.4 Å². The van der Waals surface area contributed by atoms with Crippen LogP contribution in [-0.2, 0) is 26.1 Å². The van der Waals surface area contributed by atoms with Crippen molar-refractivity contribution < 1.29 is 22.6 Å². The van der Waals surface area contributed by atoms with E-state index in [1.165, 1.54) is 19.9 Å². The van der Waals surface area contributed by atoms with Gasteiger partial charge in [0.05, 0.1) is 5.69 Å². The Morgan fingerprint density at radius 1 is 0.962 bits per heavy atom. The maximum atomic E-state index is 11.7. The van der Waals surface area contributed by atoms with Gasteiger partial charge in [-0.1, -0.05) is 6.07 Å². The van der Waals surface area contributed by atoms with Crippen molar-refractivity contribution in [3.8, 4) is 11.1 Å². The molecule has 1 aliphatic rings. The second kappa shape index (κ2) is 7.50. The van der Waals surface area contributed by atoms with Crippen LogP contribution in [0, 0.1) is 0 Å². The van der Waals surface area contributed by atoms with Crippen LogP contribution in [0.15, 0.2) is 35.2 Å². The number of hydrogen-bond acceptors (Lipinski definition) is 4. The first kappa shape index (κ1) is 20.6. The summed E-state index contributed by atoms with van der Waals surface area (Å²) in [6.07, 6.45) is 0.524. The number of amides is 2. The van der Waals surface area contributed by atoms with Crippen molar-refractivity contribution in [2.45, 2.75) is 25.2 Å². The molecule has 1 aliphatic carbocycles. The van der Waals surface area contributed by atoms with Gasteiger partial charge < -0.3 is 10.6 Å². The van der Waals surface area contributed by atoms with Crippen LogP contribution in [0.25, 0.3) is 11.1 Å². The molecule has 0 aromatic heterocycles. The fourth-order valence-corrected chi connectivity index (χ4v) is 3.67. The van der Waals surface area contributed by atoms with Gasteiger partial charge in [0.2, 0.25) is 11.8 Å². The van der Waals surface area contributed by atoms with Crippen molar-refractivity contribution in [1.82, 2.24) is 0 Å². The molecule has 3 rings (SSSR count). The van der Waals surface area contributed by atoms with Gasteiger partial charge in [0, 0.05) is 49.1 Å². The normalized spacial score (nSPS) is 11.8. The number of nitrogens with one attached hydrogen (secondary N) is 2. The topological polar surface area (TPSA) is 113 Å². The number of fused-ring (bicyclic) bond motifs is 3. The average molecular weight is 383 g/mol. The van der Waals surface area contributed by atoms with E-state index in [1.54, 1.807) is 18.2 Å². The SMILES string of the molecule is CC(=O)Nc1ccc2c(c1)Cc1cc(NC(C)=O)c(S(=O)(=O)O)cc1-2.[Na]. The zero-order valence-electron chi connectivity index (χ0n) is 14.6. The second-order valence-electron chi connectivity index (χ2n) is 5.89. The summed E-state index contributed by atoms with van der Waals surface area (Å²) in [4.78, 5) is 22.2. The predicted octanol–water partition coefficient (Wildman–Crippen LogP) is 2.04. The Kier molecular flexibility index (Phi) is 5.94. The first-order valence-electron chi connectivity index (χ1n) is 7.48. The molecule has 2 aromatic carbocycles. The van der Waals surface area contributed by atoms with Crippen LogP contribution >= 0.6 is 0 Å². The van der Waals surface area contributed by atoms with E-state index in [2.05, 4.69) is 10.6 Å². The molecule has 2 aromatic rings. The van der Waals surface area contributed by atoms with Crippen molar-refractivity contribution in [3.05, 3.63) is 41.5 Å². The van der Waals surface area contributed by atoms with Crippen LogP contribution in [0.1, 0.15) is 25.0 Å². The summed E-state index contributed by atoms with van der Waals surface area (Å²) in [7, 11) is -4.50. The molecule has 0 saturated heterocycles. The van der Waals surface area contributed by atoms with E-state index in [-0.39, 0.29) is 46.0 Å². The molecule has 131 valence electrons. The fourth-order valence-electron chi connectivity index (χ4n) is 3.01. The summed E-state index contributed by atoms with van der Waals surface area (Å²) in [6, 6.07) is 8.25.